The molecule has 0 saturated heterocycles. The van der Waals surface area contributed by atoms with Gasteiger partial charge in [0.05, 0.1) is 0 Å². The molecule has 0 bridgehead atoms. The maximum Gasteiger partial charge on any atom is 0.127 e. The van der Waals surface area contributed by atoms with Gasteiger partial charge in [-0.25, -0.2) is 4.39 Å². The molecular weight excluding hydrogens is 177 g/mol. The molecule has 0 amide bonds. The summed E-state index contributed by atoms with van der Waals surface area (Å²) in [5, 5.41) is 0.471. The average molecular weight is 188 g/mol. The molecule has 0 aliphatic carbocycles. The average Bonchev–Trinajstić information content (AvgIpc) is 2.01. The Morgan fingerprint density at radius 3 is 2.67 bits per heavy atom. The van der Waals surface area contributed by atoms with Gasteiger partial charge in [0.25, 0.3) is 0 Å². The molecule has 0 atom stereocenters. The molecule has 1 aromatic rings. The molecule has 3 heteroatoms. The van der Waals surface area contributed by atoms with Crippen molar-refractivity contribution >= 4 is 11.6 Å². The van der Waals surface area contributed by atoms with E-state index >= 15 is 0 Å². The number of halogens is 2. The van der Waals surface area contributed by atoms with Gasteiger partial charge in [-0.15, -0.1) is 0 Å². The van der Waals surface area contributed by atoms with E-state index < -0.39 is 0 Å². The van der Waals surface area contributed by atoms with Gasteiger partial charge in [0.2, 0.25) is 0 Å². The van der Waals surface area contributed by atoms with E-state index in [1.54, 1.807) is 13.0 Å². The quantitative estimate of drug-likeness (QED) is 0.756. The van der Waals surface area contributed by atoms with Crippen molar-refractivity contribution in [1.29, 1.82) is 0 Å². The van der Waals surface area contributed by atoms with Gasteiger partial charge >= 0.3 is 0 Å². The highest BCUT2D eigenvalue weighted by Crippen LogP contribution is 2.20. The Kier molecular flexibility index (Phi) is 3.06. The molecule has 0 aliphatic heterocycles. The van der Waals surface area contributed by atoms with Gasteiger partial charge in [-0.3, -0.25) is 0 Å². The maximum atomic E-state index is 13.0. The summed E-state index contributed by atoms with van der Waals surface area (Å²) in [5.74, 6) is -0.258. The van der Waals surface area contributed by atoms with E-state index in [0.717, 1.165) is 5.56 Å². The van der Waals surface area contributed by atoms with E-state index in [-0.39, 0.29) is 5.82 Å². The van der Waals surface area contributed by atoms with Gasteiger partial charge in [0, 0.05) is 10.6 Å². The first-order valence-corrected chi connectivity index (χ1v) is 4.17. The summed E-state index contributed by atoms with van der Waals surface area (Å²) in [7, 11) is 0. The molecule has 0 fully saturated rings. The highest BCUT2D eigenvalue weighted by atomic mass is 35.5. The Bertz CT molecular complexity index is 263. The first kappa shape index (κ1) is 9.49. The molecular formula is C9H11ClFN. The smallest absolute Gasteiger partial charge is 0.127 e. The predicted molar refractivity (Wildman–Crippen MR) is 48.9 cm³/mol. The molecule has 0 heterocycles. The van der Waals surface area contributed by atoms with E-state index in [1.165, 1.54) is 6.07 Å². The summed E-state index contributed by atoms with van der Waals surface area (Å²) in [4.78, 5) is 0. The molecule has 0 aliphatic rings. The van der Waals surface area contributed by atoms with Gasteiger partial charge in [0.1, 0.15) is 5.82 Å². The Hall–Kier alpha value is -0.600. The third-order valence-corrected chi connectivity index (χ3v) is 2.17. The number of rotatable bonds is 2. The summed E-state index contributed by atoms with van der Waals surface area (Å²) in [6.07, 6.45) is 0.664. The van der Waals surface area contributed by atoms with Gasteiger partial charge in [-0.05, 0) is 37.6 Å². The fraction of sp³-hybridized carbons (Fsp3) is 0.333. The lowest BCUT2D eigenvalue weighted by Gasteiger charge is -2.03. The van der Waals surface area contributed by atoms with Crippen LogP contribution in [0.5, 0.6) is 0 Å². The molecule has 0 radical (unpaired) electrons. The number of hydrogen-bond acceptors (Lipinski definition) is 1. The summed E-state index contributed by atoms with van der Waals surface area (Å²) >= 11 is 5.77. The second kappa shape index (κ2) is 3.87. The molecule has 12 heavy (non-hydrogen) atoms. The van der Waals surface area contributed by atoms with Crippen LogP contribution < -0.4 is 5.73 Å². The minimum Gasteiger partial charge on any atom is -0.330 e. The minimum atomic E-state index is -0.258. The van der Waals surface area contributed by atoms with Crippen molar-refractivity contribution in [3.8, 4) is 0 Å². The van der Waals surface area contributed by atoms with E-state index in [2.05, 4.69) is 0 Å². The van der Waals surface area contributed by atoms with Crippen LogP contribution in [0.4, 0.5) is 4.39 Å². The van der Waals surface area contributed by atoms with Crippen LogP contribution in [0.2, 0.25) is 5.02 Å². The van der Waals surface area contributed by atoms with Crippen LogP contribution in [-0.4, -0.2) is 6.54 Å². The second-order valence-corrected chi connectivity index (χ2v) is 3.13. The molecule has 2 N–H and O–H groups in total. The van der Waals surface area contributed by atoms with Gasteiger partial charge in [-0.2, -0.15) is 0 Å². The highest BCUT2D eigenvalue weighted by molar-refractivity contribution is 6.31. The zero-order chi connectivity index (χ0) is 9.14. The van der Waals surface area contributed by atoms with Crippen molar-refractivity contribution in [3.63, 3.8) is 0 Å². The number of benzene rings is 1. The van der Waals surface area contributed by atoms with Gasteiger partial charge in [-0.1, -0.05) is 11.6 Å². The van der Waals surface area contributed by atoms with Crippen molar-refractivity contribution in [1.82, 2.24) is 0 Å². The molecule has 1 aromatic carbocycles. The molecule has 1 nitrogen and oxygen atoms in total. The normalized spacial score (nSPS) is 10.3. The van der Waals surface area contributed by atoms with Gasteiger partial charge < -0.3 is 5.73 Å². The third kappa shape index (κ3) is 1.96. The van der Waals surface area contributed by atoms with E-state index in [1.807, 2.05) is 0 Å². The molecule has 1 rings (SSSR count). The zero-order valence-electron chi connectivity index (χ0n) is 6.90. The first-order valence-electron chi connectivity index (χ1n) is 3.79. The Morgan fingerprint density at radius 1 is 1.50 bits per heavy atom. The summed E-state index contributed by atoms with van der Waals surface area (Å²) < 4.78 is 13.0. The molecule has 0 unspecified atom stereocenters. The lowest BCUT2D eigenvalue weighted by molar-refractivity contribution is 0.616. The number of nitrogens with two attached hydrogens (primary N) is 1. The van der Waals surface area contributed by atoms with Crippen LogP contribution >= 0.6 is 11.6 Å². The fourth-order valence-electron chi connectivity index (χ4n) is 1.01. The lowest BCUT2D eigenvalue weighted by atomic mass is 10.1. The maximum absolute atomic E-state index is 13.0. The zero-order valence-corrected chi connectivity index (χ0v) is 7.66. The fourth-order valence-corrected chi connectivity index (χ4v) is 1.24. The number of hydrogen-bond donors (Lipinski definition) is 1. The van der Waals surface area contributed by atoms with Crippen molar-refractivity contribution in [3.05, 3.63) is 34.1 Å². The topological polar surface area (TPSA) is 26.0 Å². The van der Waals surface area contributed by atoms with Crippen LogP contribution in [0.15, 0.2) is 12.1 Å². The summed E-state index contributed by atoms with van der Waals surface area (Å²) in [6, 6.07) is 3.24. The summed E-state index contributed by atoms with van der Waals surface area (Å²) in [6.45, 7) is 2.17. The molecule has 0 aromatic heterocycles. The van der Waals surface area contributed by atoms with Crippen LogP contribution in [0.1, 0.15) is 11.1 Å². The SMILES string of the molecule is Cc1c(F)cc(CCN)cc1Cl. The second-order valence-electron chi connectivity index (χ2n) is 2.72. The highest BCUT2D eigenvalue weighted by Gasteiger charge is 2.04. The Balaban J connectivity index is 3.04. The molecule has 66 valence electrons. The van der Waals surface area contributed by atoms with Crippen molar-refractivity contribution < 1.29 is 4.39 Å². The minimum absolute atomic E-state index is 0.258. The van der Waals surface area contributed by atoms with Crippen LogP contribution in [0, 0.1) is 12.7 Å². The van der Waals surface area contributed by atoms with E-state index in [0.29, 0.717) is 23.6 Å². The van der Waals surface area contributed by atoms with Crippen molar-refractivity contribution in [2.45, 2.75) is 13.3 Å². The van der Waals surface area contributed by atoms with Crippen LogP contribution in [0.25, 0.3) is 0 Å². The first-order chi connectivity index (χ1) is 5.65. The van der Waals surface area contributed by atoms with Crippen LogP contribution in [-0.2, 0) is 6.42 Å². The van der Waals surface area contributed by atoms with Gasteiger partial charge in [0.15, 0.2) is 0 Å². The monoisotopic (exact) mass is 187 g/mol. The lowest BCUT2D eigenvalue weighted by Crippen LogP contribution is -2.03. The largest absolute Gasteiger partial charge is 0.330 e. The van der Waals surface area contributed by atoms with Crippen LogP contribution in [0.3, 0.4) is 0 Å². The van der Waals surface area contributed by atoms with E-state index in [4.69, 9.17) is 17.3 Å². The van der Waals surface area contributed by atoms with E-state index in [9.17, 15) is 4.39 Å². The predicted octanol–water partition coefficient (Wildman–Crippen LogP) is 2.29. The third-order valence-electron chi connectivity index (χ3n) is 1.77. The standard InChI is InChI=1S/C9H11ClFN/c1-6-8(10)4-7(2-3-12)5-9(6)11/h4-5H,2-3,12H2,1H3. The Labute approximate surface area is 76.3 Å². The summed E-state index contributed by atoms with van der Waals surface area (Å²) in [5.41, 5.74) is 6.68. The molecule has 0 saturated carbocycles. The van der Waals surface area contributed by atoms with Crippen molar-refractivity contribution in [2.24, 2.45) is 5.73 Å². The van der Waals surface area contributed by atoms with Crippen molar-refractivity contribution in [2.75, 3.05) is 6.54 Å². The molecule has 0 spiro atoms. The Morgan fingerprint density at radius 2 is 2.17 bits per heavy atom.